The number of rotatable bonds is 4. The Labute approximate surface area is 166 Å². The van der Waals surface area contributed by atoms with E-state index in [2.05, 4.69) is 0 Å². The minimum absolute atomic E-state index is 0.167. The first kappa shape index (κ1) is 21.1. The molecule has 0 aromatic heterocycles. The van der Waals surface area contributed by atoms with Crippen LogP contribution in [-0.4, -0.2) is 27.8 Å². The van der Waals surface area contributed by atoms with Crippen LogP contribution in [0, 0.1) is 5.92 Å². The van der Waals surface area contributed by atoms with Crippen molar-refractivity contribution in [1.82, 2.24) is 0 Å². The summed E-state index contributed by atoms with van der Waals surface area (Å²) in [5, 5.41) is 0. The Bertz CT molecular complexity index is 1050. The minimum Gasteiger partial charge on any atom is -0.469 e. The van der Waals surface area contributed by atoms with Crippen LogP contribution in [0.1, 0.15) is 29.5 Å². The van der Waals surface area contributed by atoms with Gasteiger partial charge in [0.15, 0.2) is 9.84 Å². The summed E-state index contributed by atoms with van der Waals surface area (Å²) in [7, 11) is -2.06. The van der Waals surface area contributed by atoms with Crippen LogP contribution >= 0.6 is 0 Å². The van der Waals surface area contributed by atoms with Crippen molar-refractivity contribution in [2.24, 2.45) is 5.92 Å². The number of sulfone groups is 1. The normalized spacial score (nSPS) is 17.5. The summed E-state index contributed by atoms with van der Waals surface area (Å²) in [6, 6.07) is 11.1. The molecule has 4 nitrogen and oxygen atoms in total. The average molecular weight is 424 g/mol. The summed E-state index contributed by atoms with van der Waals surface area (Å²) in [5.41, 5.74) is 2.11. The van der Waals surface area contributed by atoms with Crippen molar-refractivity contribution >= 4 is 27.0 Å². The largest absolute Gasteiger partial charge is 0.469 e. The second-order valence-electron chi connectivity index (χ2n) is 6.96. The van der Waals surface area contributed by atoms with Gasteiger partial charge in [0.1, 0.15) is 0 Å². The Kier molecular flexibility index (Phi) is 5.58. The van der Waals surface area contributed by atoms with Crippen molar-refractivity contribution in [2.75, 3.05) is 13.4 Å². The molecule has 2 aromatic carbocycles. The molecule has 1 aliphatic carbocycles. The molecule has 0 saturated carbocycles. The molecule has 0 N–H and O–H groups in total. The molecule has 1 aliphatic rings. The van der Waals surface area contributed by atoms with Crippen LogP contribution in [0.2, 0.25) is 0 Å². The highest BCUT2D eigenvalue weighted by molar-refractivity contribution is 7.90. The molecule has 8 heteroatoms. The lowest BCUT2D eigenvalue weighted by molar-refractivity contribution is -0.144. The molecule has 2 aromatic rings. The number of ether oxygens (including phenoxy) is 1. The predicted octanol–water partition coefficient (Wildman–Crippen LogP) is 4.60. The molecule has 1 unspecified atom stereocenters. The number of carbonyl (C=O) groups is 1. The number of carbonyl (C=O) groups excluding carboxylic acids is 1. The highest BCUT2D eigenvalue weighted by Crippen LogP contribution is 2.44. The Morgan fingerprint density at radius 1 is 0.931 bits per heavy atom. The Balaban J connectivity index is 2.04. The molecular formula is C21H19F3O4S. The Morgan fingerprint density at radius 2 is 1.38 bits per heavy atom. The van der Waals surface area contributed by atoms with E-state index < -0.39 is 33.5 Å². The molecule has 0 aliphatic heterocycles. The third kappa shape index (κ3) is 4.53. The molecule has 29 heavy (non-hydrogen) atoms. The number of esters is 1. The molecule has 1 atom stereocenters. The zero-order valence-corrected chi connectivity index (χ0v) is 16.6. The van der Waals surface area contributed by atoms with E-state index in [-0.39, 0.29) is 4.90 Å². The van der Waals surface area contributed by atoms with Crippen molar-refractivity contribution in [2.45, 2.75) is 23.9 Å². The Hall–Kier alpha value is -2.61. The standard InChI is InChI=1S/C21H19F3O4S/c1-28-20(25)15-11-18(13-3-7-16(8-4-13)21(22,23)24)19(12-15)14-5-9-17(10-6-14)29(2,26)27/h3-10,15H,11-12H2,1-2H3. The zero-order chi connectivity index (χ0) is 21.4. The van der Waals surface area contributed by atoms with Crippen molar-refractivity contribution < 1.29 is 31.1 Å². The lowest BCUT2D eigenvalue weighted by Crippen LogP contribution is -2.13. The van der Waals surface area contributed by atoms with E-state index in [0.717, 1.165) is 35.1 Å². The highest BCUT2D eigenvalue weighted by atomic mass is 32.2. The molecule has 0 spiro atoms. The lowest BCUT2D eigenvalue weighted by atomic mass is 9.96. The van der Waals surface area contributed by atoms with Gasteiger partial charge in [-0.2, -0.15) is 13.2 Å². The van der Waals surface area contributed by atoms with Crippen LogP contribution in [-0.2, 0) is 25.5 Å². The highest BCUT2D eigenvalue weighted by Gasteiger charge is 2.33. The molecule has 0 heterocycles. The quantitative estimate of drug-likeness (QED) is 0.673. The fourth-order valence-corrected chi connectivity index (χ4v) is 4.12. The van der Waals surface area contributed by atoms with Gasteiger partial charge in [-0.1, -0.05) is 24.3 Å². The van der Waals surface area contributed by atoms with Crippen LogP contribution in [0.25, 0.3) is 11.1 Å². The second kappa shape index (κ2) is 7.67. The minimum atomic E-state index is -4.43. The van der Waals surface area contributed by atoms with Crippen LogP contribution in [0.3, 0.4) is 0 Å². The molecule has 0 bridgehead atoms. The average Bonchev–Trinajstić information content (AvgIpc) is 3.11. The molecule has 0 radical (unpaired) electrons. The maximum atomic E-state index is 12.9. The fraction of sp³-hybridized carbons (Fsp3) is 0.286. The SMILES string of the molecule is COC(=O)C1CC(c2ccc(C(F)(F)F)cc2)=C(c2ccc(S(C)(=O)=O)cc2)C1. The van der Waals surface area contributed by atoms with Crippen molar-refractivity contribution in [3.63, 3.8) is 0 Å². The zero-order valence-electron chi connectivity index (χ0n) is 15.8. The predicted molar refractivity (Wildman–Crippen MR) is 103 cm³/mol. The molecule has 0 saturated heterocycles. The van der Waals surface area contributed by atoms with Gasteiger partial charge >= 0.3 is 12.1 Å². The van der Waals surface area contributed by atoms with Gasteiger partial charge in [-0.3, -0.25) is 4.79 Å². The van der Waals surface area contributed by atoms with E-state index in [9.17, 15) is 26.4 Å². The second-order valence-corrected chi connectivity index (χ2v) is 8.97. The number of alkyl halides is 3. The smallest absolute Gasteiger partial charge is 0.416 e. The van der Waals surface area contributed by atoms with Crippen LogP contribution in [0.5, 0.6) is 0 Å². The summed E-state index contributed by atoms with van der Waals surface area (Å²) in [6.45, 7) is 0. The number of benzene rings is 2. The van der Waals surface area contributed by atoms with Gasteiger partial charge in [-0.05, 0) is 59.4 Å². The van der Waals surface area contributed by atoms with Gasteiger partial charge < -0.3 is 4.74 Å². The third-order valence-corrected chi connectivity index (χ3v) is 6.12. The van der Waals surface area contributed by atoms with Gasteiger partial charge in [0.25, 0.3) is 0 Å². The first-order valence-electron chi connectivity index (χ1n) is 8.78. The summed E-state index contributed by atoms with van der Waals surface area (Å²) in [6.07, 6.45) is -2.62. The summed E-state index contributed by atoms with van der Waals surface area (Å²) in [5.74, 6) is -0.834. The summed E-state index contributed by atoms with van der Waals surface area (Å²) in [4.78, 5) is 12.2. The van der Waals surface area contributed by atoms with Gasteiger partial charge in [0.05, 0.1) is 23.5 Å². The number of methoxy groups -OCH3 is 1. The van der Waals surface area contributed by atoms with Gasteiger partial charge in [0, 0.05) is 6.26 Å². The first-order valence-corrected chi connectivity index (χ1v) is 10.7. The van der Waals surface area contributed by atoms with E-state index in [4.69, 9.17) is 4.74 Å². The van der Waals surface area contributed by atoms with E-state index in [1.165, 1.54) is 31.4 Å². The van der Waals surface area contributed by atoms with Gasteiger partial charge in [0.2, 0.25) is 0 Å². The van der Waals surface area contributed by atoms with Crippen LogP contribution in [0.15, 0.2) is 53.4 Å². The van der Waals surface area contributed by atoms with Crippen molar-refractivity contribution in [3.05, 3.63) is 65.2 Å². The maximum Gasteiger partial charge on any atom is 0.416 e. The molecule has 0 fully saturated rings. The van der Waals surface area contributed by atoms with Gasteiger partial charge in [-0.15, -0.1) is 0 Å². The monoisotopic (exact) mass is 424 g/mol. The molecule has 0 amide bonds. The number of halogens is 3. The van der Waals surface area contributed by atoms with Crippen LogP contribution in [0.4, 0.5) is 13.2 Å². The molecular weight excluding hydrogens is 405 g/mol. The third-order valence-electron chi connectivity index (χ3n) is 4.99. The van der Waals surface area contributed by atoms with Crippen LogP contribution < -0.4 is 0 Å². The lowest BCUT2D eigenvalue weighted by Gasteiger charge is -2.11. The van der Waals surface area contributed by atoms with E-state index in [0.29, 0.717) is 18.4 Å². The van der Waals surface area contributed by atoms with Crippen molar-refractivity contribution in [1.29, 1.82) is 0 Å². The topological polar surface area (TPSA) is 60.4 Å². The van der Waals surface area contributed by atoms with E-state index >= 15 is 0 Å². The fourth-order valence-electron chi connectivity index (χ4n) is 3.49. The molecule has 3 rings (SSSR count). The summed E-state index contributed by atoms with van der Waals surface area (Å²) >= 11 is 0. The van der Waals surface area contributed by atoms with E-state index in [1.54, 1.807) is 12.1 Å². The maximum absolute atomic E-state index is 12.9. The Morgan fingerprint density at radius 3 is 1.76 bits per heavy atom. The molecule has 154 valence electrons. The summed E-state index contributed by atoms with van der Waals surface area (Å²) < 4.78 is 66.8. The van der Waals surface area contributed by atoms with Gasteiger partial charge in [-0.25, -0.2) is 8.42 Å². The number of hydrogen-bond acceptors (Lipinski definition) is 4. The van der Waals surface area contributed by atoms with E-state index in [1.807, 2.05) is 0 Å². The number of allylic oxidation sites excluding steroid dienone is 2. The number of hydrogen-bond donors (Lipinski definition) is 0. The first-order chi connectivity index (χ1) is 13.5. The van der Waals surface area contributed by atoms with Crippen molar-refractivity contribution in [3.8, 4) is 0 Å².